The number of carboxylic acid groups (broad SMARTS) is 1. The highest BCUT2D eigenvalue weighted by Crippen LogP contribution is 2.44. The number of nitrogens with zero attached hydrogens (tertiary/aromatic N) is 2. The summed E-state index contributed by atoms with van der Waals surface area (Å²) in [7, 11) is 0. The summed E-state index contributed by atoms with van der Waals surface area (Å²) in [6, 6.07) is 3.02. The maximum Gasteiger partial charge on any atom is 0.339 e. The van der Waals surface area contributed by atoms with Gasteiger partial charge in [-0.3, -0.25) is 0 Å². The molecule has 1 unspecified atom stereocenters. The molecule has 0 amide bonds. The Morgan fingerprint density at radius 1 is 1.36 bits per heavy atom. The van der Waals surface area contributed by atoms with Crippen LogP contribution >= 0.6 is 0 Å². The molecular weight excluding hydrogens is 290 g/mol. The molecule has 2 aliphatic rings. The topological polar surface area (TPSA) is 53.4 Å². The van der Waals surface area contributed by atoms with Crippen molar-refractivity contribution in [2.24, 2.45) is 11.8 Å². The zero-order valence-electron chi connectivity index (χ0n) is 12.3. The number of aromatic carboxylic acids is 1. The molecule has 1 N–H and O–H groups in total. The Balaban J connectivity index is 1.78. The summed E-state index contributed by atoms with van der Waals surface area (Å²) < 4.78 is 28.6. The lowest BCUT2D eigenvalue weighted by molar-refractivity contribution is -0.0648. The van der Waals surface area contributed by atoms with E-state index in [-0.39, 0.29) is 18.5 Å². The number of anilines is 1. The maximum atomic E-state index is 14.3. The third kappa shape index (κ3) is 3.20. The van der Waals surface area contributed by atoms with Crippen LogP contribution < -0.4 is 4.90 Å². The average molecular weight is 310 g/mol. The fourth-order valence-electron chi connectivity index (χ4n) is 3.20. The molecule has 4 nitrogen and oxygen atoms in total. The van der Waals surface area contributed by atoms with Gasteiger partial charge in [-0.1, -0.05) is 12.8 Å². The molecule has 0 aromatic carbocycles. The molecule has 2 heterocycles. The highest BCUT2D eigenvalue weighted by molar-refractivity contribution is 5.93. The molecule has 1 aliphatic carbocycles. The van der Waals surface area contributed by atoms with Crippen LogP contribution in [-0.4, -0.2) is 35.1 Å². The van der Waals surface area contributed by atoms with Gasteiger partial charge in [0.1, 0.15) is 11.4 Å². The molecule has 2 fully saturated rings. The van der Waals surface area contributed by atoms with Gasteiger partial charge in [0, 0.05) is 31.6 Å². The van der Waals surface area contributed by atoms with Gasteiger partial charge in [0.2, 0.25) is 0 Å². The molecule has 1 aliphatic heterocycles. The van der Waals surface area contributed by atoms with Crippen molar-refractivity contribution < 1.29 is 18.7 Å². The van der Waals surface area contributed by atoms with Crippen molar-refractivity contribution >= 4 is 11.8 Å². The van der Waals surface area contributed by atoms with E-state index in [1.165, 1.54) is 12.3 Å². The van der Waals surface area contributed by atoms with Crippen molar-refractivity contribution in [3.05, 3.63) is 23.9 Å². The number of halogens is 2. The van der Waals surface area contributed by atoms with Gasteiger partial charge in [-0.05, 0) is 30.9 Å². The van der Waals surface area contributed by atoms with Crippen LogP contribution in [0.15, 0.2) is 18.3 Å². The minimum Gasteiger partial charge on any atom is -0.478 e. The van der Waals surface area contributed by atoms with Crippen LogP contribution in [0.1, 0.15) is 42.5 Å². The zero-order valence-corrected chi connectivity index (χ0v) is 12.3. The lowest BCUT2D eigenvalue weighted by Crippen LogP contribution is -2.29. The van der Waals surface area contributed by atoms with E-state index in [2.05, 4.69) is 4.98 Å². The molecule has 0 spiro atoms. The highest BCUT2D eigenvalue weighted by Gasteiger charge is 2.44. The molecule has 1 saturated heterocycles. The Morgan fingerprint density at radius 2 is 2.14 bits per heavy atom. The van der Waals surface area contributed by atoms with Gasteiger partial charge in [0.25, 0.3) is 5.92 Å². The second-order valence-corrected chi connectivity index (χ2v) is 6.34. The van der Waals surface area contributed by atoms with E-state index in [0.29, 0.717) is 31.1 Å². The number of hydrogen-bond donors (Lipinski definition) is 1. The molecule has 120 valence electrons. The van der Waals surface area contributed by atoms with Gasteiger partial charge in [0.15, 0.2) is 0 Å². The number of hydrogen-bond acceptors (Lipinski definition) is 3. The summed E-state index contributed by atoms with van der Waals surface area (Å²) >= 11 is 0. The number of pyridine rings is 1. The first-order valence-electron chi connectivity index (χ1n) is 7.78. The van der Waals surface area contributed by atoms with E-state index in [1.54, 1.807) is 11.0 Å². The molecule has 22 heavy (non-hydrogen) atoms. The van der Waals surface area contributed by atoms with Crippen molar-refractivity contribution in [2.45, 2.75) is 38.0 Å². The first-order chi connectivity index (χ1) is 10.5. The third-order valence-corrected chi connectivity index (χ3v) is 4.69. The van der Waals surface area contributed by atoms with Gasteiger partial charge in [-0.15, -0.1) is 0 Å². The first-order valence-corrected chi connectivity index (χ1v) is 7.78. The Hall–Kier alpha value is -1.72. The lowest BCUT2D eigenvalue weighted by Gasteiger charge is -2.23. The van der Waals surface area contributed by atoms with Crippen molar-refractivity contribution in [1.29, 1.82) is 0 Å². The van der Waals surface area contributed by atoms with E-state index in [1.807, 2.05) is 0 Å². The van der Waals surface area contributed by atoms with Gasteiger partial charge in [-0.2, -0.15) is 0 Å². The molecular formula is C16H20F2N2O2. The summed E-state index contributed by atoms with van der Waals surface area (Å²) in [6.07, 6.45) is 4.39. The van der Waals surface area contributed by atoms with Crippen molar-refractivity contribution in [3.63, 3.8) is 0 Å². The van der Waals surface area contributed by atoms with E-state index in [4.69, 9.17) is 0 Å². The third-order valence-electron chi connectivity index (χ3n) is 4.69. The first kappa shape index (κ1) is 15.2. The quantitative estimate of drug-likeness (QED) is 0.925. The van der Waals surface area contributed by atoms with Crippen LogP contribution in [0.4, 0.5) is 14.6 Å². The maximum absolute atomic E-state index is 14.3. The molecule has 1 aromatic rings. The Bertz CT molecular complexity index is 561. The average Bonchev–Trinajstić information content (AvgIpc) is 3.30. The van der Waals surface area contributed by atoms with Crippen LogP contribution in [0.3, 0.4) is 0 Å². The fraction of sp³-hybridized carbons (Fsp3) is 0.625. The number of alkyl halides is 2. The lowest BCUT2D eigenvalue weighted by atomic mass is 9.91. The van der Waals surface area contributed by atoms with E-state index < -0.39 is 17.8 Å². The smallest absolute Gasteiger partial charge is 0.339 e. The summed E-state index contributed by atoms with van der Waals surface area (Å²) in [5, 5.41) is 9.23. The standard InChI is InChI=1S/C16H20F2N2O2/c17-16(18)6-9-20(8-5-12(16)10-11-3-4-11)14-13(15(21)22)2-1-7-19-14/h1-2,7,11-12H,3-6,8-10H2,(H,21,22). The summed E-state index contributed by atoms with van der Waals surface area (Å²) in [4.78, 5) is 17.1. The number of carbonyl (C=O) groups is 1. The van der Waals surface area contributed by atoms with E-state index in [0.717, 1.165) is 12.8 Å². The van der Waals surface area contributed by atoms with Gasteiger partial charge in [0.05, 0.1) is 0 Å². The van der Waals surface area contributed by atoms with Crippen LogP contribution in [-0.2, 0) is 0 Å². The molecule has 1 atom stereocenters. The van der Waals surface area contributed by atoms with E-state index in [9.17, 15) is 18.7 Å². The van der Waals surface area contributed by atoms with Crippen LogP contribution in [0, 0.1) is 11.8 Å². The number of carboxylic acids is 1. The predicted molar refractivity (Wildman–Crippen MR) is 78.4 cm³/mol. The predicted octanol–water partition coefficient (Wildman–Crippen LogP) is 3.43. The second-order valence-electron chi connectivity index (χ2n) is 6.34. The summed E-state index contributed by atoms with van der Waals surface area (Å²) in [5.74, 6) is -3.57. The fourth-order valence-corrected chi connectivity index (χ4v) is 3.20. The molecule has 3 rings (SSSR count). The normalized spacial score (nSPS) is 24.8. The second kappa shape index (κ2) is 5.82. The number of aromatic nitrogens is 1. The van der Waals surface area contributed by atoms with Crippen LogP contribution in [0.5, 0.6) is 0 Å². The largest absolute Gasteiger partial charge is 0.478 e. The highest BCUT2D eigenvalue weighted by atomic mass is 19.3. The molecule has 0 bridgehead atoms. The zero-order chi connectivity index (χ0) is 15.7. The molecule has 0 radical (unpaired) electrons. The van der Waals surface area contributed by atoms with Crippen LogP contribution in [0.2, 0.25) is 0 Å². The molecule has 1 saturated carbocycles. The van der Waals surface area contributed by atoms with Crippen LogP contribution in [0.25, 0.3) is 0 Å². The van der Waals surface area contributed by atoms with Crippen molar-refractivity contribution in [1.82, 2.24) is 4.98 Å². The SMILES string of the molecule is O=C(O)c1cccnc1N1CCC(CC2CC2)C(F)(F)CC1. The van der Waals surface area contributed by atoms with Gasteiger partial charge in [-0.25, -0.2) is 18.6 Å². The molecule has 6 heteroatoms. The number of rotatable bonds is 4. The minimum atomic E-state index is -2.67. The molecule has 1 aromatic heterocycles. The summed E-state index contributed by atoms with van der Waals surface area (Å²) in [5.41, 5.74) is 0.0754. The van der Waals surface area contributed by atoms with Crippen molar-refractivity contribution in [2.75, 3.05) is 18.0 Å². The Labute approximate surface area is 128 Å². The Kier molecular flexibility index (Phi) is 4.02. The monoisotopic (exact) mass is 310 g/mol. The van der Waals surface area contributed by atoms with E-state index >= 15 is 0 Å². The van der Waals surface area contributed by atoms with Gasteiger partial charge >= 0.3 is 5.97 Å². The van der Waals surface area contributed by atoms with Crippen molar-refractivity contribution in [3.8, 4) is 0 Å². The minimum absolute atomic E-state index is 0.0754. The van der Waals surface area contributed by atoms with Gasteiger partial charge < -0.3 is 10.0 Å². The summed E-state index contributed by atoms with van der Waals surface area (Å²) in [6.45, 7) is 0.579. The Morgan fingerprint density at radius 3 is 2.82 bits per heavy atom.